The number of carbonyl (C=O) groups excluding carboxylic acids is 2. The van der Waals surface area contributed by atoms with E-state index in [1.165, 1.54) is 0 Å². The molecule has 2 aromatic rings. The Balaban J connectivity index is 1.53. The first-order valence-electron chi connectivity index (χ1n) is 10.6. The number of ether oxygens (including phenoxy) is 1. The van der Waals surface area contributed by atoms with Gasteiger partial charge in [0.2, 0.25) is 5.91 Å². The number of aliphatic carboxylic acids is 1. The summed E-state index contributed by atoms with van der Waals surface area (Å²) in [4.78, 5) is 35.5. The van der Waals surface area contributed by atoms with Crippen molar-refractivity contribution in [3.63, 3.8) is 0 Å². The lowest BCUT2D eigenvalue weighted by atomic mass is 9.98. The fourth-order valence-electron chi connectivity index (χ4n) is 3.76. The van der Waals surface area contributed by atoms with Crippen molar-refractivity contribution in [2.75, 3.05) is 19.7 Å². The second-order valence-corrected chi connectivity index (χ2v) is 8.11. The first kappa shape index (κ1) is 23.3. The van der Waals surface area contributed by atoms with Gasteiger partial charge in [0.25, 0.3) is 0 Å². The minimum Gasteiger partial charge on any atom is -0.479 e. The normalized spacial score (nSPS) is 15.1. The maximum absolute atomic E-state index is 12.3. The number of benzene rings is 2. The molecule has 3 rings (SSSR count). The molecule has 170 valence electrons. The maximum atomic E-state index is 12.3. The third kappa shape index (κ3) is 5.08. The molecule has 0 spiro atoms. The van der Waals surface area contributed by atoms with Crippen LogP contribution < -0.4 is 10.6 Å². The smallest absolute Gasteiger partial charge is 0.407 e. The largest absolute Gasteiger partial charge is 0.479 e. The summed E-state index contributed by atoms with van der Waals surface area (Å²) < 4.78 is 5.46. The highest BCUT2D eigenvalue weighted by Crippen LogP contribution is 2.44. The number of nitrogens with one attached hydrogen (secondary N) is 2. The van der Waals surface area contributed by atoms with Crippen LogP contribution in [0, 0.1) is 5.92 Å². The predicted molar refractivity (Wildman–Crippen MR) is 118 cm³/mol. The van der Waals surface area contributed by atoms with Crippen LogP contribution in [0.1, 0.15) is 37.3 Å². The van der Waals surface area contributed by atoms with Gasteiger partial charge < -0.3 is 25.6 Å². The maximum Gasteiger partial charge on any atom is 0.407 e. The van der Waals surface area contributed by atoms with Crippen LogP contribution in [-0.4, -0.2) is 53.5 Å². The van der Waals surface area contributed by atoms with E-state index in [0.29, 0.717) is 6.42 Å². The standard InChI is InChI=1S/C24H28N2O6/c1-3-15(21(27)26-14-24(2,31)22(28)29)12-25-23(30)32-13-20-18-10-6-4-8-16(18)17-9-5-7-11-19(17)20/h4-11,15,20,31H,3,12-14H2,1-2H3,(H,25,30)(H,26,27)(H,28,29). The minimum absolute atomic E-state index is 0.0359. The molecular formula is C24H28N2O6. The van der Waals surface area contributed by atoms with Gasteiger partial charge in [-0.2, -0.15) is 0 Å². The molecule has 0 aliphatic heterocycles. The van der Waals surface area contributed by atoms with Crippen LogP contribution in [0.25, 0.3) is 11.1 Å². The van der Waals surface area contributed by atoms with Crippen molar-refractivity contribution >= 4 is 18.0 Å². The summed E-state index contributed by atoms with van der Waals surface area (Å²) in [6, 6.07) is 16.1. The molecule has 8 heteroatoms. The van der Waals surface area contributed by atoms with Crippen LogP contribution in [0.5, 0.6) is 0 Å². The summed E-state index contributed by atoms with van der Waals surface area (Å²) in [6.45, 7) is 2.66. The zero-order valence-electron chi connectivity index (χ0n) is 18.1. The number of fused-ring (bicyclic) bond motifs is 3. The van der Waals surface area contributed by atoms with Crippen LogP contribution in [0.3, 0.4) is 0 Å². The number of carboxylic acid groups (broad SMARTS) is 1. The van der Waals surface area contributed by atoms with Crippen LogP contribution in [0.2, 0.25) is 0 Å². The van der Waals surface area contributed by atoms with Gasteiger partial charge in [-0.05, 0) is 35.6 Å². The number of carboxylic acids is 1. The number of alkyl carbamates (subject to hydrolysis) is 1. The van der Waals surface area contributed by atoms with E-state index < -0.39 is 36.0 Å². The van der Waals surface area contributed by atoms with Gasteiger partial charge in [-0.3, -0.25) is 4.79 Å². The average molecular weight is 440 g/mol. The number of rotatable bonds is 9. The van der Waals surface area contributed by atoms with Crippen molar-refractivity contribution in [3.8, 4) is 11.1 Å². The lowest BCUT2D eigenvalue weighted by Gasteiger charge is -2.21. The molecule has 0 fully saturated rings. The first-order valence-corrected chi connectivity index (χ1v) is 10.6. The van der Waals surface area contributed by atoms with Gasteiger partial charge in [0.15, 0.2) is 5.60 Å². The van der Waals surface area contributed by atoms with Crippen LogP contribution >= 0.6 is 0 Å². The van der Waals surface area contributed by atoms with Crippen molar-refractivity contribution in [2.24, 2.45) is 5.92 Å². The third-order valence-corrected chi connectivity index (χ3v) is 5.77. The fourth-order valence-corrected chi connectivity index (χ4v) is 3.76. The van der Waals surface area contributed by atoms with E-state index >= 15 is 0 Å². The highest BCUT2D eigenvalue weighted by molar-refractivity contribution is 5.82. The van der Waals surface area contributed by atoms with E-state index in [1.807, 2.05) is 36.4 Å². The molecule has 0 aromatic heterocycles. The third-order valence-electron chi connectivity index (χ3n) is 5.77. The number of carbonyl (C=O) groups is 3. The molecular weight excluding hydrogens is 412 g/mol. The summed E-state index contributed by atoms with van der Waals surface area (Å²) in [5, 5.41) is 23.7. The zero-order valence-corrected chi connectivity index (χ0v) is 18.1. The van der Waals surface area contributed by atoms with Gasteiger partial charge in [0.1, 0.15) is 6.61 Å². The molecule has 0 bridgehead atoms. The molecule has 1 aliphatic rings. The van der Waals surface area contributed by atoms with Gasteiger partial charge in [-0.15, -0.1) is 0 Å². The number of aliphatic hydroxyl groups is 1. The Hall–Kier alpha value is -3.39. The second kappa shape index (κ2) is 9.82. The quantitative estimate of drug-likeness (QED) is 0.475. The molecule has 2 amide bonds. The van der Waals surface area contributed by atoms with Gasteiger partial charge in [-0.25, -0.2) is 9.59 Å². The van der Waals surface area contributed by atoms with Gasteiger partial charge in [0, 0.05) is 12.5 Å². The molecule has 4 N–H and O–H groups in total. The SMILES string of the molecule is CCC(CNC(=O)OCC1c2ccccc2-c2ccccc21)C(=O)NCC(C)(O)C(=O)O. The van der Waals surface area contributed by atoms with E-state index in [9.17, 15) is 19.5 Å². The topological polar surface area (TPSA) is 125 Å². The Morgan fingerprint density at radius 3 is 2.12 bits per heavy atom. The van der Waals surface area contributed by atoms with E-state index in [1.54, 1.807) is 6.92 Å². The Kier molecular flexibility index (Phi) is 7.15. The Morgan fingerprint density at radius 1 is 1.03 bits per heavy atom. The lowest BCUT2D eigenvalue weighted by molar-refractivity contribution is -0.156. The summed E-state index contributed by atoms with van der Waals surface area (Å²) in [7, 11) is 0. The van der Waals surface area contributed by atoms with E-state index in [0.717, 1.165) is 29.2 Å². The minimum atomic E-state index is -2.06. The van der Waals surface area contributed by atoms with Crippen LogP contribution in [0.4, 0.5) is 4.79 Å². The van der Waals surface area contributed by atoms with Crippen molar-refractivity contribution in [1.29, 1.82) is 0 Å². The zero-order chi connectivity index (χ0) is 23.3. The average Bonchev–Trinajstić information content (AvgIpc) is 3.10. The predicted octanol–water partition coefficient (Wildman–Crippen LogP) is 2.50. The Morgan fingerprint density at radius 2 is 1.59 bits per heavy atom. The highest BCUT2D eigenvalue weighted by atomic mass is 16.5. The van der Waals surface area contributed by atoms with Crippen molar-refractivity contribution in [3.05, 3.63) is 59.7 Å². The monoisotopic (exact) mass is 440 g/mol. The van der Waals surface area contributed by atoms with E-state index in [2.05, 4.69) is 22.8 Å². The lowest BCUT2D eigenvalue weighted by Crippen LogP contribution is -2.49. The van der Waals surface area contributed by atoms with Crippen molar-refractivity contribution < 1.29 is 29.3 Å². The van der Waals surface area contributed by atoms with Gasteiger partial charge in [-0.1, -0.05) is 55.5 Å². The van der Waals surface area contributed by atoms with E-state index in [4.69, 9.17) is 9.84 Å². The molecule has 32 heavy (non-hydrogen) atoms. The summed E-state index contributed by atoms with van der Waals surface area (Å²) in [5.74, 6) is -2.52. The summed E-state index contributed by atoms with van der Waals surface area (Å²) in [5.41, 5.74) is 2.43. The van der Waals surface area contributed by atoms with E-state index in [-0.39, 0.29) is 19.1 Å². The molecule has 8 nitrogen and oxygen atoms in total. The van der Waals surface area contributed by atoms with Gasteiger partial charge in [0.05, 0.1) is 12.5 Å². The molecule has 0 radical (unpaired) electrons. The number of hydrogen-bond acceptors (Lipinski definition) is 5. The Bertz CT molecular complexity index is 958. The van der Waals surface area contributed by atoms with Crippen LogP contribution in [0.15, 0.2) is 48.5 Å². The molecule has 1 aliphatic carbocycles. The Labute approximate surface area is 186 Å². The molecule has 2 aromatic carbocycles. The second-order valence-electron chi connectivity index (χ2n) is 8.11. The molecule has 2 atom stereocenters. The molecule has 0 saturated carbocycles. The highest BCUT2D eigenvalue weighted by Gasteiger charge is 2.32. The number of hydrogen-bond donors (Lipinski definition) is 4. The fraction of sp³-hybridized carbons (Fsp3) is 0.375. The van der Waals surface area contributed by atoms with Crippen molar-refractivity contribution in [2.45, 2.75) is 31.8 Å². The van der Waals surface area contributed by atoms with Crippen molar-refractivity contribution in [1.82, 2.24) is 10.6 Å². The molecule has 0 saturated heterocycles. The summed E-state index contributed by atoms with van der Waals surface area (Å²) >= 11 is 0. The molecule has 0 heterocycles. The number of amides is 2. The summed E-state index contributed by atoms with van der Waals surface area (Å²) in [6.07, 6.45) is -0.208. The van der Waals surface area contributed by atoms with Gasteiger partial charge >= 0.3 is 12.1 Å². The first-order chi connectivity index (χ1) is 15.2. The molecule has 2 unspecified atom stereocenters. The van der Waals surface area contributed by atoms with Crippen LogP contribution in [-0.2, 0) is 14.3 Å².